The van der Waals surface area contributed by atoms with Crippen LogP contribution < -0.4 is 0 Å². The molecule has 2 heteroatoms. The van der Waals surface area contributed by atoms with Crippen molar-refractivity contribution in [3.05, 3.63) is 0 Å². The summed E-state index contributed by atoms with van der Waals surface area (Å²) in [4.78, 5) is 0. The molecule has 0 amide bonds. The maximum Gasteiger partial charge on any atom is 0.126 e. The molecule has 0 spiro atoms. The Kier molecular flexibility index (Phi) is 3.79. The zero-order valence-corrected chi connectivity index (χ0v) is 5.39. The van der Waals surface area contributed by atoms with Crippen LogP contribution in [-0.4, -0.2) is 17.9 Å². The third-order valence-electron chi connectivity index (χ3n) is 1.44. The Morgan fingerprint density at radius 3 is 2.25 bits per heavy atom. The van der Waals surface area contributed by atoms with E-state index in [1.807, 2.05) is 6.92 Å². The van der Waals surface area contributed by atoms with E-state index in [1.54, 1.807) is 6.92 Å². The van der Waals surface area contributed by atoms with E-state index in [2.05, 4.69) is 0 Å². The molecule has 8 heavy (non-hydrogen) atoms. The van der Waals surface area contributed by atoms with Crippen LogP contribution in [-0.2, 0) is 0 Å². The molecular weight excluding hydrogens is 107 g/mol. The predicted octanol–water partition coefficient (Wildman–Crippen LogP) is 1.36. The molecule has 2 atom stereocenters. The van der Waals surface area contributed by atoms with Crippen molar-refractivity contribution in [1.82, 2.24) is 0 Å². The number of aliphatic hydroxyl groups is 1. The Labute approximate surface area is 49.5 Å². The molecule has 0 bridgehead atoms. The summed E-state index contributed by atoms with van der Waals surface area (Å²) in [6.07, 6.45) is -0.234. The number of aliphatic hydroxyl groups excluding tert-OH is 1. The second-order valence-corrected chi connectivity index (χ2v) is 2.08. The summed E-state index contributed by atoms with van der Waals surface area (Å²) in [7, 11) is 0. The van der Waals surface area contributed by atoms with Crippen LogP contribution in [0, 0.1) is 5.92 Å². The average molecular weight is 120 g/mol. The summed E-state index contributed by atoms with van der Waals surface area (Å²) >= 11 is 0. The summed E-state index contributed by atoms with van der Waals surface area (Å²) in [5.41, 5.74) is 0. The third kappa shape index (κ3) is 2.26. The van der Waals surface area contributed by atoms with E-state index in [0.717, 1.165) is 6.42 Å². The molecule has 0 aromatic carbocycles. The minimum absolute atomic E-state index is 0.000000000000000444. The van der Waals surface area contributed by atoms with Crippen LogP contribution in [0.5, 0.6) is 0 Å². The predicted molar refractivity (Wildman–Crippen MR) is 31.4 cm³/mol. The van der Waals surface area contributed by atoms with E-state index in [1.165, 1.54) is 0 Å². The highest BCUT2D eigenvalue weighted by atomic mass is 19.1. The van der Waals surface area contributed by atoms with E-state index in [0.29, 0.717) is 0 Å². The average Bonchev–Trinajstić information content (AvgIpc) is 1.84. The highest BCUT2D eigenvalue weighted by molar-refractivity contribution is 4.60. The van der Waals surface area contributed by atoms with Crippen molar-refractivity contribution >= 4 is 0 Å². The number of hydrogen-bond acceptors (Lipinski definition) is 1. The van der Waals surface area contributed by atoms with Gasteiger partial charge in [-0.05, 0) is 5.92 Å². The van der Waals surface area contributed by atoms with Gasteiger partial charge in [-0.2, -0.15) is 0 Å². The SMILES string of the molecule is CCC(C)[C@H](F)CO. The first-order valence-electron chi connectivity index (χ1n) is 2.97. The lowest BCUT2D eigenvalue weighted by molar-refractivity contribution is 0.131. The van der Waals surface area contributed by atoms with E-state index >= 15 is 0 Å². The summed E-state index contributed by atoms with van der Waals surface area (Å²) in [5, 5.41) is 8.26. The topological polar surface area (TPSA) is 20.2 Å². The molecule has 0 saturated carbocycles. The van der Waals surface area contributed by atoms with Gasteiger partial charge in [0.15, 0.2) is 0 Å². The van der Waals surface area contributed by atoms with Crippen molar-refractivity contribution < 1.29 is 9.50 Å². The summed E-state index contributed by atoms with van der Waals surface area (Å²) in [6.45, 7) is 3.36. The molecule has 0 aromatic rings. The number of hydrogen-bond donors (Lipinski definition) is 1. The summed E-state index contributed by atoms with van der Waals surface area (Å²) < 4.78 is 12.3. The second kappa shape index (κ2) is 3.84. The molecule has 0 aliphatic heterocycles. The van der Waals surface area contributed by atoms with Gasteiger partial charge in [0.05, 0.1) is 6.61 Å². The van der Waals surface area contributed by atoms with Gasteiger partial charge < -0.3 is 5.11 Å². The molecule has 1 nitrogen and oxygen atoms in total. The fourth-order valence-electron chi connectivity index (χ4n) is 0.436. The van der Waals surface area contributed by atoms with Crippen LogP contribution >= 0.6 is 0 Å². The van der Waals surface area contributed by atoms with Crippen LogP contribution in [0.15, 0.2) is 0 Å². The fraction of sp³-hybridized carbons (Fsp3) is 1.00. The van der Waals surface area contributed by atoms with E-state index in [4.69, 9.17) is 5.11 Å². The Morgan fingerprint density at radius 2 is 2.12 bits per heavy atom. The Balaban J connectivity index is 3.29. The monoisotopic (exact) mass is 120 g/mol. The number of alkyl halides is 1. The first-order chi connectivity index (χ1) is 3.72. The first-order valence-corrected chi connectivity index (χ1v) is 2.97. The highest BCUT2D eigenvalue weighted by Crippen LogP contribution is 2.09. The van der Waals surface area contributed by atoms with E-state index < -0.39 is 6.17 Å². The van der Waals surface area contributed by atoms with Crippen molar-refractivity contribution in [3.63, 3.8) is 0 Å². The third-order valence-corrected chi connectivity index (χ3v) is 1.44. The molecule has 0 aliphatic rings. The van der Waals surface area contributed by atoms with Gasteiger partial charge in [-0.15, -0.1) is 0 Å². The Morgan fingerprint density at radius 1 is 1.62 bits per heavy atom. The van der Waals surface area contributed by atoms with E-state index in [-0.39, 0.29) is 12.5 Å². The molecule has 50 valence electrons. The van der Waals surface area contributed by atoms with Gasteiger partial charge in [-0.25, -0.2) is 4.39 Å². The molecule has 0 rings (SSSR count). The molecule has 0 radical (unpaired) electrons. The molecule has 0 aromatic heterocycles. The van der Waals surface area contributed by atoms with Gasteiger partial charge in [0, 0.05) is 0 Å². The number of rotatable bonds is 3. The zero-order valence-electron chi connectivity index (χ0n) is 5.39. The zero-order chi connectivity index (χ0) is 6.57. The van der Waals surface area contributed by atoms with Crippen LogP contribution in [0.1, 0.15) is 20.3 Å². The van der Waals surface area contributed by atoms with Crippen LogP contribution in [0.4, 0.5) is 4.39 Å². The minimum atomic E-state index is -1.03. The number of halogens is 1. The van der Waals surface area contributed by atoms with Crippen molar-refractivity contribution in [2.24, 2.45) is 5.92 Å². The quantitative estimate of drug-likeness (QED) is 0.596. The highest BCUT2D eigenvalue weighted by Gasteiger charge is 2.11. The lowest BCUT2D eigenvalue weighted by atomic mass is 10.0. The van der Waals surface area contributed by atoms with Crippen molar-refractivity contribution in [2.45, 2.75) is 26.4 Å². The largest absolute Gasteiger partial charge is 0.393 e. The molecule has 0 fully saturated rings. The van der Waals surface area contributed by atoms with Gasteiger partial charge in [-0.1, -0.05) is 20.3 Å². The lowest BCUT2D eigenvalue weighted by Gasteiger charge is -2.10. The van der Waals surface area contributed by atoms with Crippen molar-refractivity contribution in [1.29, 1.82) is 0 Å². The molecule has 1 N–H and O–H groups in total. The maximum atomic E-state index is 12.3. The molecule has 1 unspecified atom stereocenters. The Bertz CT molecular complexity index is 48.5. The summed E-state index contributed by atoms with van der Waals surface area (Å²) in [6, 6.07) is 0. The van der Waals surface area contributed by atoms with Gasteiger partial charge in [0.25, 0.3) is 0 Å². The molecule has 0 saturated heterocycles. The normalized spacial score (nSPS) is 18.0. The van der Waals surface area contributed by atoms with Gasteiger partial charge in [0.2, 0.25) is 0 Å². The maximum absolute atomic E-state index is 12.3. The Hall–Kier alpha value is -0.110. The van der Waals surface area contributed by atoms with Gasteiger partial charge in [-0.3, -0.25) is 0 Å². The van der Waals surface area contributed by atoms with Gasteiger partial charge in [0.1, 0.15) is 6.17 Å². The fourth-order valence-corrected chi connectivity index (χ4v) is 0.436. The standard InChI is InChI=1S/C6H13FO/c1-3-5(2)6(7)4-8/h5-6,8H,3-4H2,1-2H3/t5?,6-/m1/s1. The molecular formula is C6H13FO. The lowest BCUT2D eigenvalue weighted by Crippen LogP contribution is -2.15. The van der Waals surface area contributed by atoms with Crippen LogP contribution in [0.25, 0.3) is 0 Å². The second-order valence-electron chi connectivity index (χ2n) is 2.08. The van der Waals surface area contributed by atoms with Crippen LogP contribution in [0.2, 0.25) is 0 Å². The minimum Gasteiger partial charge on any atom is -0.393 e. The molecule has 0 heterocycles. The van der Waals surface area contributed by atoms with Crippen molar-refractivity contribution in [2.75, 3.05) is 6.61 Å². The van der Waals surface area contributed by atoms with Gasteiger partial charge >= 0.3 is 0 Å². The smallest absolute Gasteiger partial charge is 0.126 e. The van der Waals surface area contributed by atoms with Crippen molar-refractivity contribution in [3.8, 4) is 0 Å². The summed E-state index contributed by atoms with van der Waals surface area (Å²) in [5.74, 6) is -0.000000000000000444. The first kappa shape index (κ1) is 7.89. The molecule has 0 aliphatic carbocycles. The van der Waals surface area contributed by atoms with Crippen LogP contribution in [0.3, 0.4) is 0 Å². The van der Waals surface area contributed by atoms with E-state index in [9.17, 15) is 4.39 Å².